The second kappa shape index (κ2) is 9.07. The molecule has 0 saturated heterocycles. The van der Waals surface area contributed by atoms with Gasteiger partial charge in [0.05, 0.1) is 4.90 Å². The van der Waals surface area contributed by atoms with Crippen molar-refractivity contribution in [3.63, 3.8) is 0 Å². The molecular weight excluding hydrogens is 455 g/mol. The summed E-state index contributed by atoms with van der Waals surface area (Å²) in [4.78, 5) is 12.7. The molecule has 3 aromatic rings. The maximum absolute atomic E-state index is 12.8. The zero-order valence-electron chi connectivity index (χ0n) is 17.7. The molecule has 0 fully saturated rings. The first-order valence-electron chi connectivity index (χ1n) is 9.84. The molecule has 164 valence electrons. The number of carbonyl (C=O) groups excluding carboxylic acids is 1. The van der Waals surface area contributed by atoms with Crippen LogP contribution in [0.4, 0.5) is 10.5 Å². The van der Waals surface area contributed by atoms with Gasteiger partial charge in [-0.1, -0.05) is 63.0 Å². The minimum atomic E-state index is -4.08. The molecule has 0 spiro atoms. The fraction of sp³-hybridized carbons (Fsp3) is 0.261. The summed E-state index contributed by atoms with van der Waals surface area (Å²) >= 11 is 12.2. The van der Waals surface area contributed by atoms with Gasteiger partial charge in [-0.25, -0.2) is 17.9 Å². The van der Waals surface area contributed by atoms with E-state index in [1.165, 1.54) is 12.1 Å². The molecular formula is C23H24Cl2N2O3S. The van der Waals surface area contributed by atoms with Crippen LogP contribution >= 0.6 is 23.2 Å². The van der Waals surface area contributed by atoms with Crippen LogP contribution in [-0.4, -0.2) is 14.4 Å². The Kier molecular flexibility index (Phi) is 6.84. The van der Waals surface area contributed by atoms with Crippen LogP contribution in [0.1, 0.15) is 50.7 Å². The van der Waals surface area contributed by atoms with Crippen molar-refractivity contribution in [1.82, 2.24) is 4.72 Å². The number of urea groups is 1. The predicted molar refractivity (Wildman–Crippen MR) is 128 cm³/mol. The first-order valence-corrected chi connectivity index (χ1v) is 12.1. The van der Waals surface area contributed by atoms with Crippen molar-refractivity contribution in [2.24, 2.45) is 0 Å². The number of amides is 2. The van der Waals surface area contributed by atoms with Crippen molar-refractivity contribution in [2.75, 3.05) is 5.32 Å². The van der Waals surface area contributed by atoms with E-state index in [1.54, 1.807) is 36.4 Å². The van der Waals surface area contributed by atoms with E-state index < -0.39 is 16.1 Å². The Bertz CT molecular complexity index is 1230. The predicted octanol–water partition coefficient (Wildman–Crippen LogP) is 6.90. The van der Waals surface area contributed by atoms with Crippen LogP contribution in [0, 0.1) is 0 Å². The number of benzene rings is 3. The Morgan fingerprint density at radius 3 is 1.94 bits per heavy atom. The Labute approximate surface area is 192 Å². The topological polar surface area (TPSA) is 75.3 Å². The lowest BCUT2D eigenvalue weighted by Crippen LogP contribution is -2.35. The monoisotopic (exact) mass is 478 g/mol. The molecule has 3 aromatic carbocycles. The molecule has 0 aliphatic carbocycles. The zero-order valence-corrected chi connectivity index (χ0v) is 20.0. The van der Waals surface area contributed by atoms with Crippen LogP contribution in [0.25, 0.3) is 10.8 Å². The van der Waals surface area contributed by atoms with Crippen molar-refractivity contribution >= 4 is 55.7 Å². The van der Waals surface area contributed by atoms with Crippen LogP contribution in [0.15, 0.2) is 53.4 Å². The van der Waals surface area contributed by atoms with E-state index in [4.69, 9.17) is 23.2 Å². The number of halogens is 2. The summed E-state index contributed by atoms with van der Waals surface area (Å²) in [6.07, 6.45) is 0. The number of hydrogen-bond acceptors (Lipinski definition) is 3. The molecule has 0 saturated carbocycles. The third-order valence-electron chi connectivity index (χ3n) is 4.96. The highest BCUT2D eigenvalue weighted by Gasteiger charge is 2.22. The van der Waals surface area contributed by atoms with Crippen LogP contribution in [0.3, 0.4) is 0 Å². The summed E-state index contributed by atoms with van der Waals surface area (Å²) in [5, 5.41) is 5.38. The van der Waals surface area contributed by atoms with Gasteiger partial charge < -0.3 is 5.32 Å². The average Bonchev–Trinajstić information content (AvgIpc) is 2.67. The molecule has 8 heteroatoms. The van der Waals surface area contributed by atoms with E-state index in [0.29, 0.717) is 21.1 Å². The normalized spacial score (nSPS) is 11.9. The molecule has 0 heterocycles. The Morgan fingerprint density at radius 1 is 0.806 bits per heavy atom. The second-order valence-corrected chi connectivity index (χ2v) is 10.5. The van der Waals surface area contributed by atoms with Crippen molar-refractivity contribution in [1.29, 1.82) is 0 Å². The van der Waals surface area contributed by atoms with E-state index in [1.807, 2.05) is 27.7 Å². The maximum Gasteiger partial charge on any atom is 0.333 e. The quantitative estimate of drug-likeness (QED) is 0.418. The Hall–Kier alpha value is -2.28. The van der Waals surface area contributed by atoms with Crippen molar-refractivity contribution in [2.45, 2.75) is 44.4 Å². The molecule has 2 amide bonds. The average molecular weight is 479 g/mol. The molecule has 0 aliphatic heterocycles. The molecule has 0 aromatic heterocycles. The summed E-state index contributed by atoms with van der Waals surface area (Å²) in [5.74, 6) is 0.158. The number of anilines is 1. The van der Waals surface area contributed by atoms with Crippen molar-refractivity contribution in [3.05, 3.63) is 69.7 Å². The molecule has 2 N–H and O–H groups in total. The maximum atomic E-state index is 12.8. The lowest BCUT2D eigenvalue weighted by atomic mass is 9.92. The van der Waals surface area contributed by atoms with Crippen LogP contribution in [0.5, 0.6) is 0 Å². The molecule has 0 radical (unpaired) electrons. The highest BCUT2D eigenvalue weighted by Crippen LogP contribution is 2.35. The first kappa shape index (κ1) is 23.4. The highest BCUT2D eigenvalue weighted by molar-refractivity contribution is 7.90. The number of nitrogens with one attached hydrogen (secondary N) is 2. The van der Waals surface area contributed by atoms with Crippen LogP contribution < -0.4 is 10.0 Å². The van der Waals surface area contributed by atoms with Crippen molar-refractivity contribution in [3.8, 4) is 0 Å². The van der Waals surface area contributed by atoms with Gasteiger partial charge in [0.1, 0.15) is 0 Å². The minimum Gasteiger partial charge on any atom is -0.307 e. The number of sulfonamides is 1. The first-order chi connectivity index (χ1) is 14.5. The molecule has 3 rings (SSSR count). The zero-order chi connectivity index (χ0) is 22.9. The fourth-order valence-corrected chi connectivity index (χ4v) is 4.74. The van der Waals surface area contributed by atoms with Crippen molar-refractivity contribution < 1.29 is 13.2 Å². The Morgan fingerprint density at radius 2 is 1.35 bits per heavy atom. The smallest absolute Gasteiger partial charge is 0.307 e. The van der Waals surface area contributed by atoms with Gasteiger partial charge >= 0.3 is 6.03 Å². The standard InChI is InChI=1S/C23H24Cl2N2O3S/c1-13(2)20-11-18(25)12-21(14(3)4)22(20)26-23(28)27-31(29,30)19-8-6-15-9-17(24)7-5-16(15)10-19/h5-14H,1-4H3,(H2,26,27,28). The largest absolute Gasteiger partial charge is 0.333 e. The number of fused-ring (bicyclic) bond motifs is 1. The van der Waals surface area contributed by atoms with E-state index in [9.17, 15) is 13.2 Å². The minimum absolute atomic E-state index is 0.0123. The van der Waals surface area contributed by atoms with E-state index in [0.717, 1.165) is 16.5 Å². The molecule has 5 nitrogen and oxygen atoms in total. The molecule has 0 unspecified atom stereocenters. The molecule has 0 aliphatic rings. The molecule has 0 atom stereocenters. The lowest BCUT2D eigenvalue weighted by molar-refractivity contribution is 0.256. The number of carbonyl (C=O) groups is 1. The summed E-state index contributed by atoms with van der Waals surface area (Å²) in [6.45, 7) is 7.93. The summed E-state index contributed by atoms with van der Waals surface area (Å²) < 4.78 is 27.7. The van der Waals surface area contributed by atoms with E-state index in [2.05, 4.69) is 10.0 Å². The van der Waals surface area contributed by atoms with Crippen LogP contribution in [-0.2, 0) is 10.0 Å². The van der Waals surface area contributed by atoms with Gasteiger partial charge in [0.15, 0.2) is 0 Å². The van der Waals surface area contributed by atoms with E-state index in [-0.39, 0.29) is 16.7 Å². The summed E-state index contributed by atoms with van der Waals surface area (Å²) in [5.41, 5.74) is 2.26. The van der Waals surface area contributed by atoms with E-state index >= 15 is 0 Å². The molecule has 0 bridgehead atoms. The van der Waals surface area contributed by atoms with Gasteiger partial charge in [0, 0.05) is 15.7 Å². The fourth-order valence-electron chi connectivity index (χ4n) is 3.39. The third kappa shape index (κ3) is 5.32. The third-order valence-corrected chi connectivity index (χ3v) is 6.74. The van der Waals surface area contributed by atoms with Crippen LogP contribution in [0.2, 0.25) is 10.0 Å². The van der Waals surface area contributed by atoms with Gasteiger partial charge in [-0.3, -0.25) is 0 Å². The second-order valence-electron chi connectivity index (χ2n) is 7.98. The SMILES string of the molecule is CC(C)c1cc(Cl)cc(C(C)C)c1NC(=O)NS(=O)(=O)c1ccc2cc(Cl)ccc2c1. The summed E-state index contributed by atoms with van der Waals surface area (Å²) in [6, 6.07) is 12.5. The lowest BCUT2D eigenvalue weighted by Gasteiger charge is -2.21. The highest BCUT2D eigenvalue weighted by atomic mass is 35.5. The molecule has 31 heavy (non-hydrogen) atoms. The number of rotatable bonds is 5. The van der Waals surface area contributed by atoms with Gasteiger partial charge in [-0.15, -0.1) is 0 Å². The van der Waals surface area contributed by atoms with Gasteiger partial charge in [-0.2, -0.15) is 0 Å². The Balaban J connectivity index is 1.91. The van der Waals surface area contributed by atoms with Gasteiger partial charge in [0.25, 0.3) is 10.0 Å². The van der Waals surface area contributed by atoms with Gasteiger partial charge in [-0.05, 0) is 70.1 Å². The number of hydrogen-bond donors (Lipinski definition) is 2. The van der Waals surface area contributed by atoms with Gasteiger partial charge in [0.2, 0.25) is 0 Å². The summed E-state index contributed by atoms with van der Waals surface area (Å²) in [7, 11) is -4.08.